The second kappa shape index (κ2) is 8.33. The van der Waals surface area contributed by atoms with E-state index in [2.05, 4.69) is 15.5 Å². The molecule has 4 rings (SSSR count). The maximum absolute atomic E-state index is 14.5. The Balaban J connectivity index is 1.54. The molecule has 0 spiro atoms. The SMILES string of the molecule is NC(=O)C1CCCN(C(=O)c2cc(CC3N=NC(=O)C4=C3NCCC4)ccc2F)C1. The number of amides is 3. The molecular weight excluding hydrogens is 389 g/mol. The number of nitrogens with one attached hydrogen (secondary N) is 1. The average Bonchev–Trinajstić information content (AvgIpc) is 2.76. The van der Waals surface area contributed by atoms with Crippen molar-refractivity contribution in [1.82, 2.24) is 10.2 Å². The van der Waals surface area contributed by atoms with Crippen molar-refractivity contribution in [3.8, 4) is 0 Å². The van der Waals surface area contributed by atoms with Crippen LogP contribution < -0.4 is 11.1 Å². The number of primary amides is 1. The van der Waals surface area contributed by atoms with Crippen LogP contribution in [0.5, 0.6) is 0 Å². The van der Waals surface area contributed by atoms with Crippen LogP contribution in [0.2, 0.25) is 0 Å². The summed E-state index contributed by atoms with van der Waals surface area (Å²) in [6.45, 7) is 1.43. The van der Waals surface area contributed by atoms with Gasteiger partial charge in [-0.1, -0.05) is 6.07 Å². The van der Waals surface area contributed by atoms with E-state index in [1.807, 2.05) is 0 Å². The lowest BCUT2D eigenvalue weighted by Crippen LogP contribution is -2.44. The number of carbonyl (C=O) groups excluding carboxylic acids is 3. The lowest BCUT2D eigenvalue weighted by atomic mass is 9.93. The summed E-state index contributed by atoms with van der Waals surface area (Å²) in [6, 6.07) is 4.05. The Kier molecular flexibility index (Phi) is 5.61. The van der Waals surface area contributed by atoms with E-state index >= 15 is 0 Å². The highest BCUT2D eigenvalue weighted by Gasteiger charge is 2.31. The third kappa shape index (κ3) is 3.96. The van der Waals surface area contributed by atoms with E-state index in [1.54, 1.807) is 6.07 Å². The van der Waals surface area contributed by atoms with Gasteiger partial charge in [-0.3, -0.25) is 14.4 Å². The summed E-state index contributed by atoms with van der Waals surface area (Å²) in [4.78, 5) is 37.9. The summed E-state index contributed by atoms with van der Waals surface area (Å²) in [6.07, 6.45) is 3.22. The van der Waals surface area contributed by atoms with Gasteiger partial charge in [0.2, 0.25) is 5.91 Å². The van der Waals surface area contributed by atoms with E-state index in [9.17, 15) is 18.8 Å². The second-order valence-electron chi connectivity index (χ2n) is 7.97. The number of carbonyl (C=O) groups is 3. The quantitative estimate of drug-likeness (QED) is 0.781. The second-order valence-corrected chi connectivity index (χ2v) is 7.97. The standard InChI is InChI=1S/C21H24FN5O3/c22-16-6-5-12(10-17-18-14(4-1-7-24-18)20(29)26-25-17)9-15(16)21(30)27-8-2-3-13(11-27)19(23)28/h5-6,9,13,17,24H,1-4,7-8,10-11H2,(H2,23,28). The summed E-state index contributed by atoms with van der Waals surface area (Å²) >= 11 is 0. The maximum atomic E-state index is 14.5. The first-order valence-electron chi connectivity index (χ1n) is 10.2. The third-order valence-electron chi connectivity index (χ3n) is 5.92. The van der Waals surface area contributed by atoms with Crippen LogP contribution in [0.1, 0.15) is 41.6 Å². The highest BCUT2D eigenvalue weighted by Crippen LogP contribution is 2.27. The molecule has 2 atom stereocenters. The fourth-order valence-corrected chi connectivity index (χ4v) is 4.30. The number of rotatable bonds is 4. The largest absolute Gasteiger partial charge is 0.386 e. The molecule has 1 aromatic rings. The molecule has 3 heterocycles. The number of nitrogens with two attached hydrogens (primary N) is 1. The van der Waals surface area contributed by atoms with E-state index in [0.29, 0.717) is 37.8 Å². The fourth-order valence-electron chi connectivity index (χ4n) is 4.30. The minimum atomic E-state index is -0.610. The smallest absolute Gasteiger partial charge is 0.292 e. The molecule has 30 heavy (non-hydrogen) atoms. The van der Waals surface area contributed by atoms with E-state index in [1.165, 1.54) is 17.0 Å². The Bertz CT molecular complexity index is 958. The number of hydrogen-bond donors (Lipinski definition) is 2. The van der Waals surface area contributed by atoms with Gasteiger partial charge in [0.15, 0.2) is 0 Å². The van der Waals surface area contributed by atoms with Crippen LogP contribution in [0.15, 0.2) is 39.7 Å². The number of nitrogens with zero attached hydrogens (tertiary/aromatic N) is 3. The molecule has 2 unspecified atom stereocenters. The third-order valence-corrected chi connectivity index (χ3v) is 5.92. The van der Waals surface area contributed by atoms with Crippen molar-refractivity contribution >= 4 is 17.7 Å². The molecular formula is C21H24FN5O3. The average molecular weight is 413 g/mol. The zero-order valence-corrected chi connectivity index (χ0v) is 16.6. The molecule has 9 heteroatoms. The number of piperidine rings is 1. The van der Waals surface area contributed by atoms with E-state index in [-0.39, 0.29) is 24.1 Å². The Hall–Kier alpha value is -3.10. The van der Waals surface area contributed by atoms with Gasteiger partial charge in [0.25, 0.3) is 11.8 Å². The van der Waals surface area contributed by atoms with Crippen molar-refractivity contribution in [3.05, 3.63) is 46.4 Å². The molecule has 3 aliphatic rings. The monoisotopic (exact) mass is 413 g/mol. The van der Waals surface area contributed by atoms with Crippen LogP contribution in [0.3, 0.4) is 0 Å². The molecule has 0 saturated carbocycles. The van der Waals surface area contributed by atoms with E-state index in [0.717, 1.165) is 24.2 Å². The summed E-state index contributed by atoms with van der Waals surface area (Å²) < 4.78 is 14.5. The molecule has 1 aromatic carbocycles. The normalized spacial score (nSPS) is 23.8. The van der Waals surface area contributed by atoms with Crippen LogP contribution in [0, 0.1) is 11.7 Å². The highest BCUT2D eigenvalue weighted by atomic mass is 19.1. The minimum absolute atomic E-state index is 0.0350. The number of azo groups is 1. The van der Waals surface area contributed by atoms with Gasteiger partial charge in [-0.25, -0.2) is 4.39 Å². The molecule has 8 nitrogen and oxygen atoms in total. The predicted octanol–water partition coefficient (Wildman–Crippen LogP) is 1.70. The minimum Gasteiger partial charge on any atom is -0.386 e. The fraction of sp³-hybridized carbons (Fsp3) is 0.476. The Morgan fingerprint density at radius 2 is 2.13 bits per heavy atom. The van der Waals surface area contributed by atoms with Crippen molar-refractivity contribution in [2.75, 3.05) is 19.6 Å². The van der Waals surface area contributed by atoms with Gasteiger partial charge in [-0.2, -0.15) is 5.11 Å². The number of benzene rings is 1. The van der Waals surface area contributed by atoms with Crippen molar-refractivity contribution < 1.29 is 18.8 Å². The van der Waals surface area contributed by atoms with Crippen molar-refractivity contribution in [1.29, 1.82) is 0 Å². The summed E-state index contributed by atoms with van der Waals surface area (Å²) in [5, 5.41) is 11.1. The van der Waals surface area contributed by atoms with Crippen molar-refractivity contribution in [2.45, 2.75) is 38.1 Å². The van der Waals surface area contributed by atoms with E-state index < -0.39 is 23.5 Å². The summed E-state index contributed by atoms with van der Waals surface area (Å²) in [5.41, 5.74) is 7.51. The number of halogens is 1. The zero-order chi connectivity index (χ0) is 21.3. The van der Waals surface area contributed by atoms with Gasteiger partial charge in [0.05, 0.1) is 11.5 Å². The van der Waals surface area contributed by atoms with Gasteiger partial charge in [-0.15, -0.1) is 5.11 Å². The number of hydrogen-bond acceptors (Lipinski definition) is 5. The topological polar surface area (TPSA) is 117 Å². The van der Waals surface area contributed by atoms with Crippen LogP contribution >= 0.6 is 0 Å². The summed E-state index contributed by atoms with van der Waals surface area (Å²) in [7, 11) is 0. The van der Waals surface area contributed by atoms with Crippen LogP contribution in [0.25, 0.3) is 0 Å². The Labute approximate surface area is 173 Å². The van der Waals surface area contributed by atoms with Crippen molar-refractivity contribution in [3.63, 3.8) is 0 Å². The molecule has 1 fully saturated rings. The van der Waals surface area contributed by atoms with Gasteiger partial charge in [0, 0.05) is 37.3 Å². The molecule has 3 N–H and O–H groups in total. The Morgan fingerprint density at radius 1 is 1.30 bits per heavy atom. The number of likely N-dealkylation sites (tertiary alicyclic amines) is 1. The van der Waals surface area contributed by atoms with Gasteiger partial charge < -0.3 is 16.0 Å². The van der Waals surface area contributed by atoms with E-state index in [4.69, 9.17) is 5.73 Å². The first-order valence-corrected chi connectivity index (χ1v) is 10.2. The predicted molar refractivity (Wildman–Crippen MR) is 106 cm³/mol. The molecule has 3 amide bonds. The van der Waals surface area contributed by atoms with Gasteiger partial charge in [-0.05, 0) is 43.4 Å². The zero-order valence-electron chi connectivity index (χ0n) is 16.6. The molecule has 0 aliphatic carbocycles. The Morgan fingerprint density at radius 3 is 2.93 bits per heavy atom. The first-order chi connectivity index (χ1) is 14.4. The maximum Gasteiger partial charge on any atom is 0.292 e. The lowest BCUT2D eigenvalue weighted by Gasteiger charge is -2.31. The van der Waals surface area contributed by atoms with Crippen LogP contribution in [0.4, 0.5) is 4.39 Å². The van der Waals surface area contributed by atoms with Crippen LogP contribution in [-0.2, 0) is 16.0 Å². The molecule has 3 aliphatic heterocycles. The van der Waals surface area contributed by atoms with Crippen LogP contribution in [-0.4, -0.2) is 48.3 Å². The molecule has 0 bridgehead atoms. The highest BCUT2D eigenvalue weighted by molar-refractivity contribution is 5.96. The summed E-state index contributed by atoms with van der Waals surface area (Å²) in [5.74, 6) is -2.21. The molecule has 158 valence electrons. The first kappa shape index (κ1) is 20.2. The van der Waals surface area contributed by atoms with Gasteiger partial charge in [0.1, 0.15) is 11.9 Å². The molecule has 0 aromatic heterocycles. The van der Waals surface area contributed by atoms with Gasteiger partial charge >= 0.3 is 0 Å². The molecule has 0 radical (unpaired) electrons. The van der Waals surface area contributed by atoms with Crippen molar-refractivity contribution in [2.24, 2.45) is 21.9 Å². The molecule has 1 saturated heterocycles. The lowest BCUT2D eigenvalue weighted by molar-refractivity contribution is -0.123.